The van der Waals surface area contributed by atoms with Gasteiger partial charge in [-0.1, -0.05) is 35.9 Å². The van der Waals surface area contributed by atoms with Crippen molar-refractivity contribution in [3.05, 3.63) is 70.3 Å². The first-order valence-electron chi connectivity index (χ1n) is 9.28. The number of hydrogen-bond donors (Lipinski definition) is 0. The minimum atomic E-state index is -0.899. The smallest absolute Gasteiger partial charge is 0.379 e. The SMILES string of the molecule is Cc1cc(C)c(C(=O)C(=O)OC(C)CC(C)OC(=O)c2ccccc2)c(C)c1. The molecule has 0 aliphatic carbocycles. The molecule has 0 spiro atoms. The summed E-state index contributed by atoms with van der Waals surface area (Å²) in [5.41, 5.74) is 3.36. The molecule has 0 heterocycles. The van der Waals surface area contributed by atoms with Crippen LogP contribution in [-0.2, 0) is 14.3 Å². The molecule has 0 fully saturated rings. The Morgan fingerprint density at radius 2 is 1.39 bits per heavy atom. The predicted molar refractivity (Wildman–Crippen MR) is 106 cm³/mol. The topological polar surface area (TPSA) is 69.7 Å². The van der Waals surface area contributed by atoms with E-state index in [1.807, 2.05) is 25.1 Å². The van der Waals surface area contributed by atoms with Gasteiger partial charge in [0.2, 0.25) is 0 Å². The van der Waals surface area contributed by atoms with Gasteiger partial charge in [-0.2, -0.15) is 0 Å². The molecule has 2 atom stereocenters. The molecule has 0 saturated heterocycles. The molecular formula is C23H26O5. The van der Waals surface area contributed by atoms with E-state index in [0.717, 1.165) is 16.7 Å². The highest BCUT2D eigenvalue weighted by Gasteiger charge is 2.25. The maximum Gasteiger partial charge on any atom is 0.379 e. The quantitative estimate of drug-likeness (QED) is 0.404. The molecule has 0 aliphatic rings. The zero-order chi connectivity index (χ0) is 20.8. The van der Waals surface area contributed by atoms with Crippen LogP contribution < -0.4 is 0 Å². The molecular weight excluding hydrogens is 356 g/mol. The van der Waals surface area contributed by atoms with Crippen LogP contribution in [0.4, 0.5) is 0 Å². The Morgan fingerprint density at radius 1 is 0.857 bits per heavy atom. The second-order valence-electron chi connectivity index (χ2n) is 7.14. The van der Waals surface area contributed by atoms with Gasteiger partial charge >= 0.3 is 11.9 Å². The number of esters is 2. The van der Waals surface area contributed by atoms with Crippen molar-refractivity contribution in [3.63, 3.8) is 0 Å². The van der Waals surface area contributed by atoms with E-state index in [1.54, 1.807) is 52.0 Å². The maximum atomic E-state index is 12.5. The number of carbonyl (C=O) groups is 3. The van der Waals surface area contributed by atoms with E-state index in [9.17, 15) is 14.4 Å². The van der Waals surface area contributed by atoms with Crippen LogP contribution in [0.3, 0.4) is 0 Å². The summed E-state index contributed by atoms with van der Waals surface area (Å²) in [5.74, 6) is -1.99. The molecule has 148 valence electrons. The molecule has 0 aromatic heterocycles. The zero-order valence-corrected chi connectivity index (χ0v) is 16.9. The Hall–Kier alpha value is -2.95. The van der Waals surface area contributed by atoms with Crippen LogP contribution in [0.15, 0.2) is 42.5 Å². The van der Waals surface area contributed by atoms with Crippen molar-refractivity contribution in [2.45, 2.75) is 53.2 Å². The summed E-state index contributed by atoms with van der Waals surface area (Å²) in [4.78, 5) is 36.9. The van der Waals surface area contributed by atoms with E-state index in [2.05, 4.69) is 0 Å². The molecule has 2 rings (SSSR count). The minimum absolute atomic E-state index is 0.295. The van der Waals surface area contributed by atoms with Crippen molar-refractivity contribution in [1.82, 2.24) is 0 Å². The summed E-state index contributed by atoms with van der Waals surface area (Å²) in [6.45, 7) is 8.94. The van der Waals surface area contributed by atoms with Gasteiger partial charge in [0.1, 0.15) is 12.2 Å². The molecule has 2 aromatic carbocycles. The van der Waals surface area contributed by atoms with Crippen molar-refractivity contribution in [2.75, 3.05) is 0 Å². The molecule has 28 heavy (non-hydrogen) atoms. The number of hydrogen-bond acceptors (Lipinski definition) is 5. The molecule has 5 heteroatoms. The van der Waals surface area contributed by atoms with Gasteiger partial charge in [-0.15, -0.1) is 0 Å². The lowest BCUT2D eigenvalue weighted by atomic mass is 9.96. The zero-order valence-electron chi connectivity index (χ0n) is 16.9. The Labute approximate surface area is 165 Å². The summed E-state index contributed by atoms with van der Waals surface area (Å²) < 4.78 is 10.7. The fourth-order valence-corrected chi connectivity index (χ4v) is 3.27. The second kappa shape index (κ2) is 9.31. The van der Waals surface area contributed by atoms with Crippen LogP contribution >= 0.6 is 0 Å². The number of rotatable bonds is 7. The molecule has 0 amide bonds. The molecule has 0 bridgehead atoms. The summed E-state index contributed by atoms with van der Waals surface area (Å²) >= 11 is 0. The van der Waals surface area contributed by atoms with E-state index >= 15 is 0 Å². The maximum absolute atomic E-state index is 12.5. The van der Waals surface area contributed by atoms with Gasteiger partial charge in [0.05, 0.1) is 5.56 Å². The minimum Gasteiger partial charge on any atom is -0.459 e. The van der Waals surface area contributed by atoms with Crippen LogP contribution in [0.2, 0.25) is 0 Å². The third kappa shape index (κ3) is 5.52. The van der Waals surface area contributed by atoms with Gasteiger partial charge < -0.3 is 9.47 Å². The predicted octanol–water partition coefficient (Wildman–Crippen LogP) is 4.36. The van der Waals surface area contributed by atoms with Gasteiger partial charge in [0, 0.05) is 12.0 Å². The van der Waals surface area contributed by atoms with Crippen molar-refractivity contribution in [2.24, 2.45) is 0 Å². The van der Waals surface area contributed by atoms with Crippen LogP contribution in [0.5, 0.6) is 0 Å². The number of ether oxygens (including phenoxy) is 2. The highest BCUT2D eigenvalue weighted by atomic mass is 16.6. The third-order valence-corrected chi connectivity index (χ3v) is 4.38. The molecule has 0 aliphatic heterocycles. The lowest BCUT2D eigenvalue weighted by Gasteiger charge is -2.19. The van der Waals surface area contributed by atoms with E-state index in [1.165, 1.54) is 0 Å². The molecule has 2 aromatic rings. The first kappa shape index (κ1) is 21.4. The Balaban J connectivity index is 1.93. The Bertz CT molecular complexity index is 847. The fourth-order valence-electron chi connectivity index (χ4n) is 3.27. The first-order valence-corrected chi connectivity index (χ1v) is 9.28. The van der Waals surface area contributed by atoms with Gasteiger partial charge in [-0.05, 0) is 57.9 Å². The van der Waals surface area contributed by atoms with Crippen LogP contribution in [0.25, 0.3) is 0 Å². The van der Waals surface area contributed by atoms with E-state index < -0.39 is 29.9 Å². The van der Waals surface area contributed by atoms with Gasteiger partial charge in [-0.25, -0.2) is 9.59 Å². The lowest BCUT2D eigenvalue weighted by Crippen LogP contribution is -2.27. The monoisotopic (exact) mass is 382 g/mol. The largest absolute Gasteiger partial charge is 0.459 e. The van der Waals surface area contributed by atoms with Gasteiger partial charge in [0.25, 0.3) is 5.78 Å². The standard InChI is InChI=1S/C23H26O5/c1-14-11-15(2)20(16(3)12-14)21(24)23(26)28-18(5)13-17(4)27-22(25)19-9-7-6-8-10-19/h6-12,17-18H,13H2,1-5H3. The number of Topliss-reactive ketones (excluding diaryl/α,β-unsaturated/α-hetero) is 1. The molecule has 0 radical (unpaired) electrons. The Morgan fingerprint density at radius 3 is 1.96 bits per heavy atom. The van der Waals surface area contributed by atoms with Gasteiger partial charge in [0.15, 0.2) is 0 Å². The summed E-state index contributed by atoms with van der Waals surface area (Å²) in [6, 6.07) is 12.4. The van der Waals surface area contributed by atoms with E-state index in [4.69, 9.17) is 9.47 Å². The first-order chi connectivity index (χ1) is 13.2. The second-order valence-corrected chi connectivity index (χ2v) is 7.14. The molecule has 0 saturated carbocycles. The molecule has 0 N–H and O–H groups in total. The highest BCUT2D eigenvalue weighted by molar-refractivity contribution is 6.41. The van der Waals surface area contributed by atoms with E-state index in [-0.39, 0.29) is 0 Å². The lowest BCUT2D eigenvalue weighted by molar-refractivity contribution is -0.143. The normalized spacial score (nSPS) is 12.8. The van der Waals surface area contributed by atoms with Crippen LogP contribution in [0.1, 0.15) is 57.7 Å². The van der Waals surface area contributed by atoms with Crippen LogP contribution in [-0.4, -0.2) is 29.9 Å². The average Bonchev–Trinajstić information content (AvgIpc) is 2.61. The van der Waals surface area contributed by atoms with Crippen molar-refractivity contribution in [3.8, 4) is 0 Å². The number of ketones is 1. The number of benzene rings is 2. The summed E-state index contributed by atoms with van der Waals surface area (Å²) in [7, 11) is 0. The fraction of sp³-hybridized carbons (Fsp3) is 0.348. The van der Waals surface area contributed by atoms with Gasteiger partial charge in [-0.3, -0.25) is 4.79 Å². The van der Waals surface area contributed by atoms with E-state index in [0.29, 0.717) is 17.5 Å². The summed E-state index contributed by atoms with van der Waals surface area (Å²) in [5, 5.41) is 0. The third-order valence-electron chi connectivity index (χ3n) is 4.38. The molecule has 5 nitrogen and oxygen atoms in total. The molecule has 2 unspecified atom stereocenters. The highest BCUT2D eigenvalue weighted by Crippen LogP contribution is 2.18. The summed E-state index contributed by atoms with van der Waals surface area (Å²) in [6.07, 6.45) is -0.738. The van der Waals surface area contributed by atoms with Crippen molar-refractivity contribution in [1.29, 1.82) is 0 Å². The number of aryl methyl sites for hydroxylation is 3. The Kier molecular flexibility index (Phi) is 7.10. The van der Waals surface area contributed by atoms with Crippen LogP contribution in [0, 0.1) is 20.8 Å². The number of carbonyl (C=O) groups excluding carboxylic acids is 3. The van der Waals surface area contributed by atoms with Crippen molar-refractivity contribution >= 4 is 17.7 Å². The average molecular weight is 382 g/mol. The van der Waals surface area contributed by atoms with Crippen molar-refractivity contribution < 1.29 is 23.9 Å².